The van der Waals surface area contributed by atoms with Gasteiger partial charge in [-0.3, -0.25) is 0 Å². The summed E-state index contributed by atoms with van der Waals surface area (Å²) in [6, 6.07) is 7.25. The summed E-state index contributed by atoms with van der Waals surface area (Å²) in [5.41, 5.74) is 1.22. The number of para-hydroxylation sites is 2. The minimum absolute atomic E-state index is 0. The molecule has 0 saturated carbocycles. The number of benzene rings is 1. The van der Waals surface area contributed by atoms with Crippen LogP contribution in [0, 0.1) is 5.21 Å². The predicted molar refractivity (Wildman–Crippen MR) is 72.6 cm³/mol. The summed E-state index contributed by atoms with van der Waals surface area (Å²) >= 11 is 0. The first-order chi connectivity index (χ1) is 8.16. The van der Waals surface area contributed by atoms with Crippen LogP contribution in [0.5, 0.6) is 0 Å². The maximum absolute atomic E-state index is 11.7. The van der Waals surface area contributed by atoms with Gasteiger partial charge in [-0.25, -0.2) is 4.98 Å². The molecule has 98 valence electrons. The van der Waals surface area contributed by atoms with Crippen molar-refractivity contribution in [3.05, 3.63) is 35.3 Å². The quantitative estimate of drug-likeness (QED) is 0.617. The Labute approximate surface area is 112 Å². The average molecular weight is 269 g/mol. The van der Waals surface area contributed by atoms with Crippen LogP contribution in [0.3, 0.4) is 0 Å². The van der Waals surface area contributed by atoms with Crippen molar-refractivity contribution in [2.75, 3.05) is 20.6 Å². The normalized spacial score (nSPS) is 10.6. The lowest BCUT2D eigenvalue weighted by Crippen LogP contribution is -2.34. The third kappa shape index (κ3) is 3.51. The second-order valence-electron chi connectivity index (χ2n) is 4.30. The molecule has 0 saturated heterocycles. The molecule has 0 bridgehead atoms. The van der Waals surface area contributed by atoms with Gasteiger partial charge in [0.05, 0.1) is 0 Å². The second kappa shape index (κ2) is 6.47. The van der Waals surface area contributed by atoms with Crippen molar-refractivity contribution in [1.82, 2.24) is 15.0 Å². The SMILES string of the molecule is CN(C)CCCc1nc2ccccc2[n+]([O-])n1.Cl. The first kappa shape index (κ1) is 14.6. The van der Waals surface area contributed by atoms with Crippen LogP contribution in [0.15, 0.2) is 24.3 Å². The summed E-state index contributed by atoms with van der Waals surface area (Å²) in [5.74, 6) is 0.612. The Morgan fingerprint density at radius 3 is 2.72 bits per heavy atom. The van der Waals surface area contributed by atoms with Crippen LogP contribution < -0.4 is 4.85 Å². The van der Waals surface area contributed by atoms with Crippen molar-refractivity contribution in [3.8, 4) is 0 Å². The highest BCUT2D eigenvalue weighted by Gasteiger charge is 2.09. The number of rotatable bonds is 4. The Morgan fingerprint density at radius 2 is 2.00 bits per heavy atom. The minimum Gasteiger partial charge on any atom is -0.594 e. The fraction of sp³-hybridized carbons (Fsp3) is 0.417. The molecule has 18 heavy (non-hydrogen) atoms. The molecule has 0 spiro atoms. The molecule has 0 atom stereocenters. The van der Waals surface area contributed by atoms with Crippen LogP contribution in [-0.2, 0) is 6.42 Å². The standard InChI is InChI=1S/C12H16N4O.ClH/c1-15(2)9-5-8-12-13-10-6-3-4-7-11(10)16(17)14-12;/h3-4,6-7H,5,8-9H2,1-2H3;1H. The van der Waals surface area contributed by atoms with Gasteiger partial charge in [0, 0.05) is 17.6 Å². The number of hydrogen-bond acceptors (Lipinski definition) is 4. The van der Waals surface area contributed by atoms with Gasteiger partial charge in [0.25, 0.3) is 5.52 Å². The van der Waals surface area contributed by atoms with E-state index in [0.717, 1.165) is 19.4 Å². The lowest BCUT2D eigenvalue weighted by molar-refractivity contribution is -0.644. The van der Waals surface area contributed by atoms with Crippen molar-refractivity contribution in [2.45, 2.75) is 12.8 Å². The number of aryl methyl sites for hydroxylation is 1. The topological polar surface area (TPSA) is 56.0 Å². The minimum atomic E-state index is 0. The maximum Gasteiger partial charge on any atom is 0.270 e. The molecular weight excluding hydrogens is 252 g/mol. The van der Waals surface area contributed by atoms with E-state index in [1.807, 2.05) is 32.3 Å². The van der Waals surface area contributed by atoms with Crippen LogP contribution in [0.4, 0.5) is 0 Å². The molecule has 2 rings (SSSR count). The number of fused-ring (bicyclic) bond motifs is 1. The molecule has 0 aliphatic rings. The summed E-state index contributed by atoms with van der Waals surface area (Å²) in [5, 5.41) is 15.6. The Hall–Kier alpha value is -1.46. The molecule has 6 heteroatoms. The van der Waals surface area contributed by atoms with Crippen molar-refractivity contribution < 1.29 is 4.85 Å². The fourth-order valence-electron chi connectivity index (χ4n) is 1.70. The van der Waals surface area contributed by atoms with Crippen molar-refractivity contribution in [3.63, 3.8) is 0 Å². The summed E-state index contributed by atoms with van der Waals surface area (Å²) in [6.45, 7) is 0.967. The van der Waals surface area contributed by atoms with Gasteiger partial charge in [-0.05, 0) is 38.0 Å². The van der Waals surface area contributed by atoms with Gasteiger partial charge in [0.2, 0.25) is 0 Å². The number of nitrogens with zero attached hydrogens (tertiary/aromatic N) is 4. The third-order valence-corrected chi connectivity index (χ3v) is 2.55. The molecule has 0 amide bonds. The van der Waals surface area contributed by atoms with E-state index in [9.17, 15) is 5.21 Å². The molecule has 5 nitrogen and oxygen atoms in total. The molecule has 0 aliphatic carbocycles. The first-order valence-corrected chi connectivity index (χ1v) is 5.67. The molecule has 1 aromatic heterocycles. The maximum atomic E-state index is 11.7. The number of halogens is 1. The zero-order valence-corrected chi connectivity index (χ0v) is 11.4. The number of aromatic nitrogens is 3. The van der Waals surface area contributed by atoms with Crippen molar-refractivity contribution >= 4 is 23.4 Å². The van der Waals surface area contributed by atoms with Gasteiger partial charge < -0.3 is 10.1 Å². The summed E-state index contributed by atoms with van der Waals surface area (Å²) in [7, 11) is 4.05. The van der Waals surface area contributed by atoms with E-state index in [-0.39, 0.29) is 12.4 Å². The van der Waals surface area contributed by atoms with E-state index in [1.165, 1.54) is 0 Å². The van der Waals surface area contributed by atoms with Crippen LogP contribution in [0.2, 0.25) is 0 Å². The molecule has 1 aromatic carbocycles. The molecule has 0 unspecified atom stereocenters. The molecule has 0 fully saturated rings. The Morgan fingerprint density at radius 1 is 1.28 bits per heavy atom. The van der Waals surface area contributed by atoms with Crippen LogP contribution >= 0.6 is 12.4 Å². The van der Waals surface area contributed by atoms with Gasteiger partial charge in [-0.15, -0.1) is 12.4 Å². The van der Waals surface area contributed by atoms with Gasteiger partial charge in [-0.2, -0.15) is 0 Å². The van der Waals surface area contributed by atoms with Crippen molar-refractivity contribution in [2.24, 2.45) is 0 Å². The van der Waals surface area contributed by atoms with Crippen LogP contribution in [-0.4, -0.2) is 35.6 Å². The molecule has 0 N–H and O–H groups in total. The highest BCUT2D eigenvalue weighted by molar-refractivity contribution is 5.85. The van der Waals surface area contributed by atoms with E-state index in [0.29, 0.717) is 21.7 Å². The lowest BCUT2D eigenvalue weighted by atomic mass is 10.2. The molecule has 0 radical (unpaired) electrons. The average Bonchev–Trinajstić information content (AvgIpc) is 2.28. The van der Waals surface area contributed by atoms with E-state index < -0.39 is 0 Å². The van der Waals surface area contributed by atoms with Gasteiger partial charge in [0.1, 0.15) is 5.52 Å². The largest absolute Gasteiger partial charge is 0.594 e. The zero-order chi connectivity index (χ0) is 12.3. The van der Waals surface area contributed by atoms with E-state index in [4.69, 9.17) is 0 Å². The van der Waals surface area contributed by atoms with Crippen LogP contribution in [0.25, 0.3) is 11.0 Å². The highest BCUT2D eigenvalue weighted by atomic mass is 35.5. The predicted octanol–water partition coefficient (Wildman–Crippen LogP) is 1.18. The Balaban J connectivity index is 0.00000162. The van der Waals surface area contributed by atoms with E-state index in [1.54, 1.807) is 6.07 Å². The molecule has 2 aromatic rings. The molecular formula is C12H17ClN4O. The summed E-state index contributed by atoms with van der Waals surface area (Å²) < 4.78 is 0. The summed E-state index contributed by atoms with van der Waals surface area (Å²) in [6.07, 6.45) is 1.68. The second-order valence-corrected chi connectivity index (χ2v) is 4.30. The van der Waals surface area contributed by atoms with Crippen molar-refractivity contribution in [1.29, 1.82) is 0 Å². The smallest absolute Gasteiger partial charge is 0.270 e. The third-order valence-electron chi connectivity index (χ3n) is 2.55. The highest BCUT2D eigenvalue weighted by Crippen LogP contribution is 2.06. The first-order valence-electron chi connectivity index (χ1n) is 5.67. The van der Waals surface area contributed by atoms with Gasteiger partial charge >= 0.3 is 0 Å². The van der Waals surface area contributed by atoms with E-state index >= 15 is 0 Å². The fourth-order valence-corrected chi connectivity index (χ4v) is 1.70. The number of hydrogen-bond donors (Lipinski definition) is 0. The monoisotopic (exact) mass is 268 g/mol. The Bertz CT molecular complexity index is 518. The van der Waals surface area contributed by atoms with Gasteiger partial charge in [0.15, 0.2) is 5.82 Å². The van der Waals surface area contributed by atoms with E-state index in [2.05, 4.69) is 15.0 Å². The Kier molecular flexibility index (Phi) is 5.25. The van der Waals surface area contributed by atoms with Crippen LogP contribution in [0.1, 0.15) is 12.2 Å². The molecule has 0 aliphatic heterocycles. The lowest BCUT2D eigenvalue weighted by Gasteiger charge is -2.07. The zero-order valence-electron chi connectivity index (χ0n) is 10.5. The molecule has 1 heterocycles. The van der Waals surface area contributed by atoms with Gasteiger partial charge in [-0.1, -0.05) is 12.1 Å². The summed E-state index contributed by atoms with van der Waals surface area (Å²) in [4.78, 5) is 7.15.